The van der Waals surface area contributed by atoms with Crippen molar-refractivity contribution in [1.29, 1.82) is 0 Å². The van der Waals surface area contributed by atoms with Gasteiger partial charge in [0, 0.05) is 17.1 Å². The third kappa shape index (κ3) is 9.74. The molecule has 0 saturated carbocycles. The third-order valence-corrected chi connectivity index (χ3v) is 0. The fraction of sp³-hybridized carbons (Fsp3) is 0. The SMILES string of the molecule is Cl.[Fe].[O]=[Bi]. The quantitative estimate of drug-likeness (QED) is 0.571. The van der Waals surface area contributed by atoms with E-state index in [0.29, 0.717) is 0 Å². The van der Waals surface area contributed by atoms with Crippen LogP contribution in [-0.4, -0.2) is 24.7 Å². The zero-order valence-corrected chi connectivity index (χ0v) is 7.02. The summed E-state index contributed by atoms with van der Waals surface area (Å²) < 4.78 is 8.36. The summed E-state index contributed by atoms with van der Waals surface area (Å²) in [7, 11) is 0. The summed E-state index contributed by atoms with van der Waals surface area (Å²) in [6.45, 7) is 0. The summed E-state index contributed by atoms with van der Waals surface area (Å²) in [5, 5.41) is 0. The zero-order chi connectivity index (χ0) is 2.00. The minimum atomic E-state index is 0. The maximum absolute atomic E-state index is 8.36. The van der Waals surface area contributed by atoms with Crippen LogP contribution in [-0.2, 0) is 19.9 Å². The van der Waals surface area contributed by atoms with Crippen molar-refractivity contribution >= 4 is 37.1 Å². The summed E-state index contributed by atoms with van der Waals surface area (Å²) in [5.41, 5.74) is 0. The first-order valence-corrected chi connectivity index (χ1v) is 1.60. The van der Waals surface area contributed by atoms with Gasteiger partial charge in [0.1, 0.15) is 0 Å². The van der Waals surface area contributed by atoms with Crippen LogP contribution in [0, 0.1) is 0 Å². The van der Waals surface area contributed by atoms with Crippen LogP contribution in [0.1, 0.15) is 0 Å². The van der Waals surface area contributed by atoms with Gasteiger partial charge in [-0.25, -0.2) is 0 Å². The van der Waals surface area contributed by atoms with Gasteiger partial charge in [0.05, 0.1) is 0 Å². The molecule has 0 rings (SSSR count). The Labute approximate surface area is 56.7 Å². The van der Waals surface area contributed by atoms with Crippen LogP contribution in [0.3, 0.4) is 0 Å². The third-order valence-electron chi connectivity index (χ3n) is 0. The van der Waals surface area contributed by atoms with E-state index < -0.39 is 0 Å². The van der Waals surface area contributed by atoms with E-state index in [0.717, 1.165) is 0 Å². The number of halogens is 1. The van der Waals surface area contributed by atoms with E-state index in [-0.39, 0.29) is 54.2 Å². The Hall–Kier alpha value is 1.49. The Morgan fingerprint density at radius 3 is 1.25 bits per heavy atom. The molecule has 0 bridgehead atoms. The molecule has 1 radical (unpaired) electrons. The monoisotopic (exact) mass is 317 g/mol. The van der Waals surface area contributed by atoms with Crippen molar-refractivity contribution in [3.63, 3.8) is 0 Å². The van der Waals surface area contributed by atoms with E-state index in [9.17, 15) is 0 Å². The van der Waals surface area contributed by atoms with Gasteiger partial charge in [-0.15, -0.1) is 12.4 Å². The van der Waals surface area contributed by atoms with Crippen molar-refractivity contribution in [2.45, 2.75) is 0 Å². The van der Waals surface area contributed by atoms with Gasteiger partial charge in [0.15, 0.2) is 0 Å². The van der Waals surface area contributed by atoms with Crippen molar-refractivity contribution in [3.8, 4) is 0 Å². The molecule has 0 aliphatic carbocycles. The Bertz CT molecular complexity index is 8.00. The minimum absolute atomic E-state index is 0. The molecule has 4 heteroatoms. The molecule has 0 aliphatic rings. The van der Waals surface area contributed by atoms with Gasteiger partial charge in [-0.2, -0.15) is 0 Å². The van der Waals surface area contributed by atoms with Gasteiger partial charge in [-0.1, -0.05) is 0 Å². The zero-order valence-electron chi connectivity index (χ0n) is 1.62. The molecule has 0 saturated heterocycles. The molecule has 0 unspecified atom stereocenters. The summed E-state index contributed by atoms with van der Waals surface area (Å²) in [5.74, 6) is 0. The van der Waals surface area contributed by atoms with Crippen LogP contribution in [0.2, 0.25) is 0 Å². The molecule has 0 spiro atoms. The van der Waals surface area contributed by atoms with Crippen molar-refractivity contribution in [2.75, 3.05) is 0 Å². The van der Waals surface area contributed by atoms with Crippen LogP contribution in [0.15, 0.2) is 0 Å². The van der Waals surface area contributed by atoms with E-state index in [4.69, 9.17) is 2.81 Å². The second-order valence-electron chi connectivity index (χ2n) is 0. The van der Waals surface area contributed by atoms with E-state index in [1.54, 1.807) is 0 Å². The van der Waals surface area contributed by atoms with Crippen molar-refractivity contribution in [1.82, 2.24) is 0 Å². The second-order valence-corrected chi connectivity index (χ2v) is 0. The molecule has 0 N–H and O–H groups in total. The topological polar surface area (TPSA) is 17.1 Å². The average molecular weight is 317 g/mol. The molecule has 0 heterocycles. The summed E-state index contributed by atoms with van der Waals surface area (Å²) in [6, 6.07) is 0. The predicted molar refractivity (Wildman–Crippen MR) is 13.7 cm³/mol. The van der Waals surface area contributed by atoms with Crippen molar-refractivity contribution in [3.05, 3.63) is 0 Å². The average Bonchev–Trinajstić information content (AvgIpc) is 1.00. The Morgan fingerprint density at radius 2 is 1.25 bits per heavy atom. The van der Waals surface area contributed by atoms with Crippen LogP contribution >= 0.6 is 12.4 Å². The molecular formula is HBiClFeO. The molecule has 0 fully saturated rings. The molecular weight excluding hydrogens is 316 g/mol. The van der Waals surface area contributed by atoms with E-state index >= 15 is 0 Å². The molecule has 0 aromatic rings. The van der Waals surface area contributed by atoms with Gasteiger partial charge in [0.2, 0.25) is 0 Å². The van der Waals surface area contributed by atoms with E-state index in [2.05, 4.69) is 0 Å². The van der Waals surface area contributed by atoms with E-state index in [1.165, 1.54) is 0 Å². The second kappa shape index (κ2) is 24.6. The van der Waals surface area contributed by atoms with Crippen LogP contribution in [0.4, 0.5) is 0 Å². The molecule has 27 valence electrons. The molecule has 4 heavy (non-hydrogen) atoms. The first-order valence-electron chi connectivity index (χ1n) is 0.183. The molecule has 0 amide bonds. The van der Waals surface area contributed by atoms with Crippen LogP contribution in [0.25, 0.3) is 0 Å². The normalized spacial score (nSPS) is 1.00. The van der Waals surface area contributed by atoms with Crippen molar-refractivity contribution < 1.29 is 19.9 Å². The summed E-state index contributed by atoms with van der Waals surface area (Å²) in [4.78, 5) is 0. The van der Waals surface area contributed by atoms with Crippen LogP contribution < -0.4 is 0 Å². The standard InChI is InChI=1S/Bi.ClH.Fe.O/h;1H;;. The van der Waals surface area contributed by atoms with Gasteiger partial charge in [-0.05, 0) is 0 Å². The van der Waals surface area contributed by atoms with E-state index in [1.807, 2.05) is 0 Å². The predicted octanol–water partition coefficient (Wildman–Crippen LogP) is -0.0803. The molecule has 0 aromatic carbocycles. The fourth-order valence-corrected chi connectivity index (χ4v) is 0. The Balaban J connectivity index is -0.00000000500. The number of hydrogen-bond acceptors (Lipinski definition) is 1. The summed E-state index contributed by atoms with van der Waals surface area (Å²) in [6.07, 6.45) is 0. The van der Waals surface area contributed by atoms with Crippen molar-refractivity contribution in [2.24, 2.45) is 0 Å². The summed E-state index contributed by atoms with van der Waals surface area (Å²) >= 11 is 0.194. The number of rotatable bonds is 0. The number of hydrogen-bond donors (Lipinski definition) is 0. The maximum atomic E-state index is 8.36. The first-order chi connectivity index (χ1) is 1.00. The Morgan fingerprint density at radius 1 is 1.25 bits per heavy atom. The molecule has 1 nitrogen and oxygen atoms in total. The molecule has 0 atom stereocenters. The van der Waals surface area contributed by atoms with Gasteiger partial charge < -0.3 is 0 Å². The molecule has 0 aliphatic heterocycles. The first kappa shape index (κ1) is 17.8. The van der Waals surface area contributed by atoms with Gasteiger partial charge >= 0.3 is 27.5 Å². The Kier molecular flexibility index (Phi) is 110. The van der Waals surface area contributed by atoms with Crippen LogP contribution in [0.5, 0.6) is 0 Å². The molecule has 0 aromatic heterocycles. The van der Waals surface area contributed by atoms with Gasteiger partial charge in [-0.3, -0.25) is 0 Å². The van der Waals surface area contributed by atoms with Gasteiger partial charge in [0.25, 0.3) is 0 Å². The fourth-order valence-electron chi connectivity index (χ4n) is 0.